The minimum Gasteiger partial charge on any atom is -0.209 e. The van der Waals surface area contributed by atoms with Gasteiger partial charge in [0.1, 0.15) is 0 Å². The predicted octanol–water partition coefficient (Wildman–Crippen LogP) is 22.1. The molecule has 0 bridgehead atoms. The second kappa shape index (κ2) is 50.3. The van der Waals surface area contributed by atoms with Crippen molar-refractivity contribution in [3.05, 3.63) is 12.4 Å². The standard InChI is InChI=1S/C62H124N2/c1-5-9-13-17-21-25-29-31-33-35-37-40-44-48-52-56-62-63(57-53-49-45-41-38-36-34-32-30-26-22-18-14-10-6-2)58-61-64(62,59-54-50-46-42-28-24-20-16-12-8-4)60-55-51-47-43-39-27-23-19-15-11-7-3/h58,61H,5-57,59-60H2,1-4H3/q+2. The maximum atomic E-state index is 2.82. The molecule has 0 spiro atoms. The van der Waals surface area contributed by atoms with Crippen LogP contribution in [0.15, 0.2) is 12.4 Å². The Balaban J connectivity index is 2.69. The van der Waals surface area contributed by atoms with Gasteiger partial charge in [-0.05, 0) is 38.5 Å². The first kappa shape index (κ1) is 61.4. The number of quaternary nitrogens is 1. The summed E-state index contributed by atoms with van der Waals surface area (Å²) in [5.41, 5.74) is 0. The molecule has 0 aromatic rings. The lowest BCUT2D eigenvalue weighted by atomic mass is 10.0. The summed E-state index contributed by atoms with van der Waals surface area (Å²) in [5.74, 6) is 1.81. The fourth-order valence-corrected chi connectivity index (χ4v) is 11.0. The Morgan fingerprint density at radius 3 is 0.750 bits per heavy atom. The Bertz CT molecular complexity index is 966. The van der Waals surface area contributed by atoms with Gasteiger partial charge in [0, 0.05) is 6.42 Å². The molecule has 0 fully saturated rings. The van der Waals surface area contributed by atoms with Crippen LogP contribution in [0.1, 0.15) is 362 Å². The quantitative estimate of drug-likeness (QED) is 0.0325. The molecule has 0 aromatic carbocycles. The zero-order valence-corrected chi connectivity index (χ0v) is 45.4. The van der Waals surface area contributed by atoms with Crippen LogP contribution in [-0.2, 0) is 0 Å². The Hall–Kier alpha value is -0.630. The van der Waals surface area contributed by atoms with Crippen molar-refractivity contribution in [2.75, 3.05) is 19.6 Å². The van der Waals surface area contributed by atoms with Crippen LogP contribution in [0.5, 0.6) is 0 Å². The highest BCUT2D eigenvalue weighted by atomic mass is 15.4. The summed E-state index contributed by atoms with van der Waals surface area (Å²) in [4.78, 5) is 0. The fraction of sp³-hybridized carbons (Fsp3) is 0.952. The summed E-state index contributed by atoms with van der Waals surface area (Å²) in [7, 11) is 0. The summed E-state index contributed by atoms with van der Waals surface area (Å²) in [6.07, 6.45) is 80.5. The van der Waals surface area contributed by atoms with Crippen LogP contribution < -0.4 is 0 Å². The van der Waals surface area contributed by atoms with Gasteiger partial charge in [-0.3, -0.25) is 0 Å². The van der Waals surface area contributed by atoms with Crippen molar-refractivity contribution >= 4 is 5.84 Å². The molecule has 1 aliphatic rings. The van der Waals surface area contributed by atoms with Crippen molar-refractivity contribution in [3.8, 4) is 0 Å². The number of hydrogen-bond donors (Lipinski definition) is 0. The molecule has 0 N–H and O–H groups in total. The lowest BCUT2D eigenvalue weighted by Crippen LogP contribution is -2.50. The molecule has 0 aromatic heterocycles. The van der Waals surface area contributed by atoms with Crippen LogP contribution in [0.3, 0.4) is 0 Å². The average molecular weight is 898 g/mol. The van der Waals surface area contributed by atoms with Crippen LogP contribution in [0.4, 0.5) is 0 Å². The molecule has 1 heterocycles. The Labute approximate surface area is 406 Å². The van der Waals surface area contributed by atoms with E-state index in [2.05, 4.69) is 44.7 Å². The normalized spacial score (nSPS) is 15.1. The van der Waals surface area contributed by atoms with Gasteiger partial charge in [-0.15, -0.1) is 0 Å². The van der Waals surface area contributed by atoms with Crippen LogP contribution in [0.2, 0.25) is 0 Å². The molecule has 0 saturated heterocycles. The molecular weight excluding hydrogens is 773 g/mol. The summed E-state index contributed by atoms with van der Waals surface area (Å²) >= 11 is 0. The van der Waals surface area contributed by atoms with Gasteiger partial charge in [-0.1, -0.05) is 310 Å². The highest BCUT2D eigenvalue weighted by molar-refractivity contribution is 5.72. The predicted molar refractivity (Wildman–Crippen MR) is 292 cm³/mol. The Kier molecular flexibility index (Phi) is 48.2. The molecule has 1 aliphatic heterocycles. The number of rotatable bonds is 55. The van der Waals surface area contributed by atoms with Gasteiger partial charge < -0.3 is 0 Å². The molecule has 0 amide bonds. The maximum Gasteiger partial charge on any atom is 0.348 e. The zero-order chi connectivity index (χ0) is 46.0. The number of nitrogens with zero attached hydrogens (tertiary/aromatic N) is 2. The van der Waals surface area contributed by atoms with E-state index < -0.39 is 0 Å². The third-order valence-electron chi connectivity index (χ3n) is 15.5. The summed E-state index contributed by atoms with van der Waals surface area (Å²) in [6.45, 7) is 13.3. The minimum atomic E-state index is 1.21. The van der Waals surface area contributed by atoms with Crippen molar-refractivity contribution in [1.29, 1.82) is 0 Å². The van der Waals surface area contributed by atoms with Crippen molar-refractivity contribution in [2.45, 2.75) is 362 Å². The van der Waals surface area contributed by atoms with E-state index in [1.165, 1.54) is 358 Å². The Morgan fingerprint density at radius 1 is 0.266 bits per heavy atom. The smallest absolute Gasteiger partial charge is 0.209 e. The van der Waals surface area contributed by atoms with Gasteiger partial charge in [0.2, 0.25) is 6.20 Å². The van der Waals surface area contributed by atoms with Gasteiger partial charge in [0.05, 0.1) is 19.5 Å². The second-order valence-electron chi connectivity index (χ2n) is 21.8. The van der Waals surface area contributed by atoms with E-state index >= 15 is 0 Å². The van der Waals surface area contributed by atoms with E-state index in [1.807, 2.05) is 5.84 Å². The topological polar surface area (TPSA) is 3.01 Å². The molecular formula is C62H124N2+2. The van der Waals surface area contributed by atoms with Gasteiger partial charge in [-0.2, -0.15) is 4.58 Å². The molecule has 1 unspecified atom stereocenters. The van der Waals surface area contributed by atoms with Crippen molar-refractivity contribution in [3.63, 3.8) is 0 Å². The van der Waals surface area contributed by atoms with E-state index in [9.17, 15) is 0 Å². The van der Waals surface area contributed by atoms with Gasteiger partial charge in [-0.25, -0.2) is 4.48 Å². The van der Waals surface area contributed by atoms with Crippen molar-refractivity contribution in [2.24, 2.45) is 0 Å². The first-order chi connectivity index (χ1) is 31.7. The molecule has 2 nitrogen and oxygen atoms in total. The van der Waals surface area contributed by atoms with Gasteiger partial charge >= 0.3 is 5.84 Å². The molecule has 380 valence electrons. The summed E-state index contributed by atoms with van der Waals surface area (Å²) in [5, 5.41) is 0. The summed E-state index contributed by atoms with van der Waals surface area (Å²) < 4.78 is 4.03. The van der Waals surface area contributed by atoms with Crippen molar-refractivity contribution in [1.82, 2.24) is 0 Å². The number of hydrogen-bond acceptors (Lipinski definition) is 0. The van der Waals surface area contributed by atoms with E-state index in [0.717, 1.165) is 0 Å². The van der Waals surface area contributed by atoms with Crippen molar-refractivity contribution < 1.29 is 9.06 Å². The van der Waals surface area contributed by atoms with Crippen LogP contribution >= 0.6 is 0 Å². The van der Waals surface area contributed by atoms with E-state index in [0.29, 0.717) is 0 Å². The lowest BCUT2D eigenvalue weighted by molar-refractivity contribution is -0.801. The highest BCUT2D eigenvalue weighted by Gasteiger charge is 2.42. The molecule has 64 heavy (non-hydrogen) atoms. The lowest BCUT2D eigenvalue weighted by Gasteiger charge is -2.29. The molecule has 0 aliphatic carbocycles. The third kappa shape index (κ3) is 38.3. The number of amidine groups is 1. The van der Waals surface area contributed by atoms with E-state index in [-0.39, 0.29) is 0 Å². The fourth-order valence-electron chi connectivity index (χ4n) is 11.0. The monoisotopic (exact) mass is 897 g/mol. The summed E-state index contributed by atoms with van der Waals surface area (Å²) in [6, 6.07) is 0. The van der Waals surface area contributed by atoms with Crippen LogP contribution in [-0.4, -0.2) is 34.5 Å². The molecule has 2 heteroatoms. The molecule has 1 rings (SSSR count). The maximum absolute atomic E-state index is 2.82. The van der Waals surface area contributed by atoms with Gasteiger partial charge in [0.25, 0.3) is 0 Å². The highest BCUT2D eigenvalue weighted by Crippen LogP contribution is 2.26. The SMILES string of the molecule is CCCCCCCCCCCCCCCCCC1=[N+](CCCCCCCCCCCCCCCCC)C=C[N+]1(CCCCCCCCCCCC)CCCCCCCCCCCCC. The van der Waals surface area contributed by atoms with E-state index in [1.54, 1.807) is 0 Å². The largest absolute Gasteiger partial charge is 0.348 e. The van der Waals surface area contributed by atoms with Gasteiger partial charge in [0.15, 0.2) is 12.7 Å². The third-order valence-corrected chi connectivity index (χ3v) is 15.5. The van der Waals surface area contributed by atoms with Crippen LogP contribution in [0.25, 0.3) is 0 Å². The second-order valence-corrected chi connectivity index (χ2v) is 21.8. The average Bonchev–Trinajstić information content (AvgIpc) is 3.64. The van der Waals surface area contributed by atoms with Crippen LogP contribution in [0, 0.1) is 0 Å². The zero-order valence-electron chi connectivity index (χ0n) is 45.4. The molecule has 0 saturated carbocycles. The molecule has 0 radical (unpaired) electrons. The molecule has 1 atom stereocenters. The Morgan fingerprint density at radius 2 is 0.484 bits per heavy atom. The first-order valence-electron chi connectivity index (χ1n) is 30.9. The first-order valence-corrected chi connectivity index (χ1v) is 30.9. The number of unbranched alkanes of at least 4 members (excludes halogenated alkanes) is 47. The van der Waals surface area contributed by atoms with E-state index in [4.69, 9.17) is 0 Å². The minimum absolute atomic E-state index is 1.21.